The number of carbonyl (C=O) groups excluding carboxylic acids is 2. The minimum absolute atomic E-state index is 0.111. The second-order valence-corrected chi connectivity index (χ2v) is 8.25. The molecule has 10 nitrogen and oxygen atoms in total. The van der Waals surface area contributed by atoms with Gasteiger partial charge in [-0.05, 0) is 56.3 Å². The van der Waals surface area contributed by atoms with Crippen molar-refractivity contribution in [2.75, 3.05) is 36.5 Å². The Morgan fingerprint density at radius 2 is 2.09 bits per heavy atom. The molecule has 2 atom stereocenters. The highest BCUT2D eigenvalue weighted by molar-refractivity contribution is 5.94. The Morgan fingerprint density at radius 3 is 2.94 bits per heavy atom. The lowest BCUT2D eigenvalue weighted by Gasteiger charge is -2.18. The van der Waals surface area contributed by atoms with E-state index in [1.807, 2.05) is 6.92 Å². The highest BCUT2D eigenvalue weighted by Gasteiger charge is 2.34. The number of anilines is 2. The summed E-state index contributed by atoms with van der Waals surface area (Å²) in [6, 6.07) is 0. The van der Waals surface area contributed by atoms with Crippen LogP contribution < -0.4 is 20.3 Å². The van der Waals surface area contributed by atoms with E-state index in [-0.39, 0.29) is 36.1 Å². The third-order valence-electron chi connectivity index (χ3n) is 6.00. The highest BCUT2D eigenvalue weighted by Crippen LogP contribution is 2.30. The van der Waals surface area contributed by atoms with Crippen molar-refractivity contribution < 1.29 is 23.5 Å². The minimum Gasteiger partial charge on any atom is -0.465 e. The molecule has 2 aliphatic heterocycles. The fourth-order valence-electron chi connectivity index (χ4n) is 4.37. The smallest absolute Gasteiger partial charge is 0.415 e. The van der Waals surface area contributed by atoms with Crippen molar-refractivity contribution in [3.05, 3.63) is 35.0 Å². The van der Waals surface area contributed by atoms with Gasteiger partial charge in [-0.15, -0.1) is 0 Å². The normalized spacial score (nSPS) is 21.6. The molecule has 2 amide bonds. The third kappa shape index (κ3) is 3.95. The Balaban J connectivity index is 1.11. The van der Waals surface area contributed by atoms with Gasteiger partial charge in [0.25, 0.3) is 11.8 Å². The molecule has 0 bridgehead atoms. The van der Waals surface area contributed by atoms with E-state index in [9.17, 15) is 14.0 Å². The number of halogens is 1. The molecule has 32 heavy (non-hydrogen) atoms. The number of aryl methyl sites for hydroxylation is 1. The number of nitrogens with zero attached hydrogens (tertiary/aromatic N) is 4. The van der Waals surface area contributed by atoms with Crippen LogP contribution >= 0.6 is 0 Å². The fraction of sp³-hybridized carbons (Fsp3) is 0.476. The van der Waals surface area contributed by atoms with Crippen molar-refractivity contribution in [2.24, 2.45) is 5.92 Å². The number of carbonyl (C=O) groups is 2. The van der Waals surface area contributed by atoms with Gasteiger partial charge in [0.1, 0.15) is 11.9 Å². The maximum Gasteiger partial charge on any atom is 0.415 e. The van der Waals surface area contributed by atoms with Crippen molar-refractivity contribution in [3.63, 3.8) is 0 Å². The topological polar surface area (TPSA) is 119 Å². The Kier molecular flexibility index (Phi) is 5.33. The zero-order valence-electron chi connectivity index (χ0n) is 17.6. The largest absolute Gasteiger partial charge is 0.465 e. The molecule has 2 aromatic heterocycles. The van der Waals surface area contributed by atoms with Crippen LogP contribution in [-0.2, 0) is 22.4 Å². The van der Waals surface area contributed by atoms with Crippen molar-refractivity contribution in [1.29, 1.82) is 0 Å². The first kappa shape index (κ1) is 20.6. The van der Waals surface area contributed by atoms with Gasteiger partial charge in [0.2, 0.25) is 0 Å². The zero-order valence-corrected chi connectivity index (χ0v) is 17.6. The lowest BCUT2D eigenvalue weighted by atomic mass is 10.1. The van der Waals surface area contributed by atoms with Crippen LogP contribution in [0.15, 0.2) is 12.4 Å². The lowest BCUT2D eigenvalue weighted by molar-refractivity contribution is -0.118. The van der Waals surface area contributed by atoms with Crippen molar-refractivity contribution in [1.82, 2.24) is 20.3 Å². The predicted molar refractivity (Wildman–Crippen MR) is 111 cm³/mol. The second-order valence-electron chi connectivity index (χ2n) is 8.25. The molecule has 168 valence electrons. The Labute approximate surface area is 183 Å². The number of ether oxygens (including phenoxy) is 2. The highest BCUT2D eigenvalue weighted by atomic mass is 19.1. The average molecular weight is 442 g/mol. The van der Waals surface area contributed by atoms with Crippen molar-refractivity contribution in [3.8, 4) is 5.88 Å². The molecule has 1 aliphatic carbocycles. The molecule has 0 saturated carbocycles. The Morgan fingerprint density at radius 1 is 1.25 bits per heavy atom. The lowest BCUT2D eigenvalue weighted by Crippen LogP contribution is -2.30. The van der Waals surface area contributed by atoms with E-state index in [1.165, 1.54) is 17.3 Å². The average Bonchev–Trinajstić information content (AvgIpc) is 3.38. The van der Waals surface area contributed by atoms with Crippen LogP contribution in [0.5, 0.6) is 5.88 Å². The van der Waals surface area contributed by atoms with Gasteiger partial charge < -0.3 is 20.1 Å². The molecule has 1 saturated heterocycles. The van der Waals surface area contributed by atoms with Crippen LogP contribution in [0.3, 0.4) is 0 Å². The molecule has 3 aliphatic rings. The first-order chi connectivity index (χ1) is 15.5. The second kappa shape index (κ2) is 8.30. The van der Waals surface area contributed by atoms with E-state index in [0.717, 1.165) is 29.8 Å². The maximum atomic E-state index is 14.0. The number of rotatable bonds is 6. The molecule has 0 radical (unpaired) electrons. The van der Waals surface area contributed by atoms with Crippen LogP contribution in [0.4, 0.5) is 20.8 Å². The number of hydrogen-bond donors (Lipinski definition) is 2. The van der Waals surface area contributed by atoms with E-state index >= 15 is 0 Å². The van der Waals surface area contributed by atoms with Gasteiger partial charge in [0.15, 0.2) is 18.2 Å². The van der Waals surface area contributed by atoms with Gasteiger partial charge in [-0.2, -0.15) is 0 Å². The number of cyclic esters (lactones) is 1. The van der Waals surface area contributed by atoms with E-state index < -0.39 is 6.09 Å². The van der Waals surface area contributed by atoms with Gasteiger partial charge in [0.05, 0.1) is 18.9 Å². The molecular formula is C21H23FN6O4. The first-order valence-corrected chi connectivity index (χ1v) is 10.6. The Bertz CT molecular complexity index is 1050. The van der Waals surface area contributed by atoms with Gasteiger partial charge in [-0.1, -0.05) is 0 Å². The molecule has 11 heteroatoms. The summed E-state index contributed by atoms with van der Waals surface area (Å²) in [6.07, 6.45) is 4.10. The summed E-state index contributed by atoms with van der Waals surface area (Å²) < 4.78 is 24.6. The molecule has 0 spiro atoms. The summed E-state index contributed by atoms with van der Waals surface area (Å²) >= 11 is 0. The van der Waals surface area contributed by atoms with E-state index in [0.29, 0.717) is 37.7 Å². The SMILES string of the molecule is Cc1ncc(F)c2c1CC(CNCC[C@@H]1CN(c3cnc4c(n3)NC(=O)CO4)C(=O)O1)C2. The standard InChI is InChI=1S/C21H23FN6O4/c1-11-14-4-12(5-15(14)16(22)7-24-11)6-23-3-2-13-9-28(21(30)32-13)17-8-25-20-19(26-17)27-18(29)10-31-20/h7-8,12-13,23H,2-6,9-10H2,1H3,(H,26,27,29)/t12?,13-/m1/s1. The molecule has 0 aromatic carbocycles. The molecule has 5 rings (SSSR count). The molecule has 1 fully saturated rings. The molecule has 1 unspecified atom stereocenters. The van der Waals surface area contributed by atoms with E-state index in [2.05, 4.69) is 25.6 Å². The number of aromatic nitrogens is 3. The molecule has 2 N–H and O–H groups in total. The number of nitrogens with one attached hydrogen (secondary N) is 2. The van der Waals surface area contributed by atoms with Crippen molar-refractivity contribution >= 4 is 23.6 Å². The summed E-state index contributed by atoms with van der Waals surface area (Å²) in [5, 5.41) is 5.98. The van der Waals surface area contributed by atoms with E-state index in [1.54, 1.807) is 0 Å². The fourth-order valence-corrected chi connectivity index (χ4v) is 4.37. The van der Waals surface area contributed by atoms with Crippen LogP contribution in [0.1, 0.15) is 23.2 Å². The van der Waals surface area contributed by atoms with Crippen molar-refractivity contribution in [2.45, 2.75) is 32.3 Å². The number of hydrogen-bond acceptors (Lipinski definition) is 8. The van der Waals surface area contributed by atoms with Crippen LogP contribution in [-0.4, -0.2) is 59.3 Å². The van der Waals surface area contributed by atoms with Gasteiger partial charge in [0, 0.05) is 5.69 Å². The summed E-state index contributed by atoms with van der Waals surface area (Å²) in [5.41, 5.74) is 2.72. The predicted octanol–water partition coefficient (Wildman–Crippen LogP) is 1.37. The van der Waals surface area contributed by atoms with Gasteiger partial charge in [-0.3, -0.25) is 14.7 Å². The van der Waals surface area contributed by atoms with Crippen LogP contribution in [0.25, 0.3) is 0 Å². The maximum absolute atomic E-state index is 14.0. The number of fused-ring (bicyclic) bond motifs is 2. The van der Waals surface area contributed by atoms with E-state index in [4.69, 9.17) is 9.47 Å². The van der Waals surface area contributed by atoms with Gasteiger partial charge >= 0.3 is 6.09 Å². The summed E-state index contributed by atoms with van der Waals surface area (Å²) in [5.74, 6) is 0.495. The van der Waals surface area contributed by atoms with Crippen LogP contribution in [0.2, 0.25) is 0 Å². The monoisotopic (exact) mass is 442 g/mol. The minimum atomic E-state index is -0.503. The third-order valence-corrected chi connectivity index (χ3v) is 6.00. The van der Waals surface area contributed by atoms with Crippen LogP contribution in [0, 0.1) is 18.7 Å². The first-order valence-electron chi connectivity index (χ1n) is 10.6. The number of amides is 2. The summed E-state index contributed by atoms with van der Waals surface area (Å²) in [4.78, 5) is 37.7. The van der Waals surface area contributed by atoms with Gasteiger partial charge in [-0.25, -0.2) is 19.2 Å². The summed E-state index contributed by atoms with van der Waals surface area (Å²) in [7, 11) is 0. The molecule has 2 aromatic rings. The number of pyridine rings is 1. The molecule has 4 heterocycles. The Hall–Kier alpha value is -3.34. The molecular weight excluding hydrogens is 419 g/mol. The quantitative estimate of drug-likeness (QED) is 0.644. The zero-order chi connectivity index (χ0) is 22.2. The summed E-state index contributed by atoms with van der Waals surface area (Å²) in [6.45, 7) is 3.57.